The number of oxime groups is 1. The van der Waals surface area contributed by atoms with Crippen molar-refractivity contribution in [3.8, 4) is 0 Å². The van der Waals surface area contributed by atoms with E-state index in [-0.39, 0.29) is 5.17 Å². The van der Waals surface area contributed by atoms with Crippen LogP contribution in [0.15, 0.2) is 29.6 Å². The van der Waals surface area contributed by atoms with E-state index in [9.17, 15) is 0 Å². The fourth-order valence-electron chi connectivity index (χ4n) is 1.46. The molecule has 72 valence electrons. The molecule has 0 bridgehead atoms. The van der Waals surface area contributed by atoms with Crippen LogP contribution in [0.1, 0.15) is 11.1 Å². The Labute approximate surface area is 86.0 Å². The molecule has 3 nitrogen and oxygen atoms in total. The Bertz CT molecular complexity index is 502. The Hall–Kier alpha value is -1.48. The third-order valence-corrected chi connectivity index (χ3v) is 2.43. The van der Waals surface area contributed by atoms with E-state index in [0.29, 0.717) is 5.56 Å². The quantitative estimate of drug-likeness (QED) is 0.423. The molecular weight excluding hydrogens is 200 g/mol. The molecule has 0 unspecified atom stereocenters. The largest absolute Gasteiger partial charge is 0.410 e. The van der Waals surface area contributed by atoms with E-state index in [2.05, 4.69) is 10.1 Å². The van der Waals surface area contributed by atoms with E-state index < -0.39 is 0 Å². The molecule has 0 aliphatic carbocycles. The molecule has 1 heterocycles. The van der Waals surface area contributed by atoms with Crippen molar-refractivity contribution in [2.75, 3.05) is 0 Å². The average molecular weight is 209 g/mol. The SMILES string of the molecule is Cc1ccc2[nH]cc(C(Cl)=NO)c2c1. The van der Waals surface area contributed by atoms with Gasteiger partial charge in [0, 0.05) is 22.7 Å². The van der Waals surface area contributed by atoms with Gasteiger partial charge in [0.25, 0.3) is 0 Å². The molecule has 14 heavy (non-hydrogen) atoms. The Kier molecular flexibility index (Phi) is 2.17. The molecule has 0 radical (unpaired) electrons. The molecular formula is C10H9ClN2O. The van der Waals surface area contributed by atoms with Gasteiger partial charge < -0.3 is 10.2 Å². The minimum atomic E-state index is 0.0989. The molecule has 0 saturated carbocycles. The lowest BCUT2D eigenvalue weighted by molar-refractivity contribution is 0.321. The molecule has 2 N–H and O–H groups in total. The highest BCUT2D eigenvalue weighted by atomic mass is 35.5. The number of H-pyrrole nitrogens is 1. The zero-order chi connectivity index (χ0) is 10.1. The van der Waals surface area contributed by atoms with Gasteiger partial charge in [-0.05, 0) is 19.1 Å². The fraction of sp³-hybridized carbons (Fsp3) is 0.100. The van der Waals surface area contributed by atoms with Gasteiger partial charge in [-0.25, -0.2) is 0 Å². The number of rotatable bonds is 1. The molecule has 1 aromatic heterocycles. The molecule has 2 rings (SSSR count). The molecule has 0 atom stereocenters. The summed E-state index contributed by atoms with van der Waals surface area (Å²) < 4.78 is 0. The number of hydrogen-bond donors (Lipinski definition) is 2. The minimum Gasteiger partial charge on any atom is -0.410 e. The summed E-state index contributed by atoms with van der Waals surface area (Å²) in [5.74, 6) is 0. The zero-order valence-corrected chi connectivity index (χ0v) is 8.34. The molecule has 0 aliphatic heterocycles. The Morgan fingerprint density at radius 1 is 1.50 bits per heavy atom. The lowest BCUT2D eigenvalue weighted by Gasteiger charge is -1.95. The number of fused-ring (bicyclic) bond motifs is 1. The van der Waals surface area contributed by atoms with Crippen molar-refractivity contribution >= 4 is 27.7 Å². The average Bonchev–Trinajstić information content (AvgIpc) is 2.59. The van der Waals surface area contributed by atoms with Gasteiger partial charge in [0.2, 0.25) is 0 Å². The molecule has 0 aliphatic rings. The van der Waals surface area contributed by atoms with Crippen LogP contribution in [0.2, 0.25) is 0 Å². The third kappa shape index (κ3) is 1.36. The van der Waals surface area contributed by atoms with Crippen LogP contribution in [0.4, 0.5) is 0 Å². The number of aryl methyl sites for hydroxylation is 1. The van der Waals surface area contributed by atoms with Gasteiger partial charge in [0.15, 0.2) is 5.17 Å². The number of benzene rings is 1. The van der Waals surface area contributed by atoms with Crippen molar-refractivity contribution < 1.29 is 5.21 Å². The van der Waals surface area contributed by atoms with E-state index in [4.69, 9.17) is 16.8 Å². The van der Waals surface area contributed by atoms with Crippen molar-refractivity contribution in [3.05, 3.63) is 35.5 Å². The van der Waals surface area contributed by atoms with Crippen LogP contribution in [0.25, 0.3) is 10.9 Å². The van der Waals surface area contributed by atoms with Crippen LogP contribution in [0.3, 0.4) is 0 Å². The second-order valence-electron chi connectivity index (χ2n) is 3.14. The molecule has 0 spiro atoms. The predicted molar refractivity (Wildman–Crippen MR) is 57.2 cm³/mol. The first-order valence-corrected chi connectivity index (χ1v) is 4.56. The molecule has 1 aromatic carbocycles. The zero-order valence-electron chi connectivity index (χ0n) is 7.58. The normalized spacial score (nSPS) is 12.3. The fourth-order valence-corrected chi connectivity index (χ4v) is 1.62. The van der Waals surface area contributed by atoms with Gasteiger partial charge in [-0.15, -0.1) is 0 Å². The summed E-state index contributed by atoms with van der Waals surface area (Å²) >= 11 is 5.74. The minimum absolute atomic E-state index is 0.0989. The second kappa shape index (κ2) is 3.35. The van der Waals surface area contributed by atoms with Gasteiger partial charge in [-0.3, -0.25) is 0 Å². The van der Waals surface area contributed by atoms with Crippen LogP contribution in [0, 0.1) is 6.92 Å². The Balaban J connectivity index is 2.73. The van der Waals surface area contributed by atoms with Gasteiger partial charge in [0.1, 0.15) is 0 Å². The summed E-state index contributed by atoms with van der Waals surface area (Å²) in [6.07, 6.45) is 1.73. The maximum atomic E-state index is 8.58. The molecule has 0 amide bonds. The Morgan fingerprint density at radius 3 is 3.00 bits per heavy atom. The van der Waals surface area contributed by atoms with Crippen LogP contribution in [-0.4, -0.2) is 15.4 Å². The van der Waals surface area contributed by atoms with Crippen molar-refractivity contribution in [1.29, 1.82) is 0 Å². The number of nitrogens with one attached hydrogen (secondary N) is 1. The Morgan fingerprint density at radius 2 is 2.29 bits per heavy atom. The predicted octanol–water partition coefficient (Wildman–Crippen LogP) is 2.85. The first-order chi connectivity index (χ1) is 6.72. The lowest BCUT2D eigenvalue weighted by atomic mass is 10.1. The highest BCUT2D eigenvalue weighted by Crippen LogP contribution is 2.21. The monoisotopic (exact) mass is 208 g/mol. The first-order valence-electron chi connectivity index (χ1n) is 4.18. The van der Waals surface area contributed by atoms with Crippen molar-refractivity contribution in [3.63, 3.8) is 0 Å². The summed E-state index contributed by atoms with van der Waals surface area (Å²) in [6, 6.07) is 5.97. The third-order valence-electron chi connectivity index (χ3n) is 2.15. The summed E-state index contributed by atoms with van der Waals surface area (Å²) in [4.78, 5) is 3.05. The summed E-state index contributed by atoms with van der Waals surface area (Å²) in [5, 5.41) is 12.6. The maximum absolute atomic E-state index is 8.58. The topological polar surface area (TPSA) is 48.4 Å². The summed E-state index contributed by atoms with van der Waals surface area (Å²) in [5.41, 5.74) is 2.83. The smallest absolute Gasteiger partial charge is 0.177 e. The van der Waals surface area contributed by atoms with Crippen LogP contribution in [-0.2, 0) is 0 Å². The highest BCUT2D eigenvalue weighted by Gasteiger charge is 2.07. The molecule has 0 fully saturated rings. The van der Waals surface area contributed by atoms with Crippen molar-refractivity contribution in [2.45, 2.75) is 6.92 Å². The van der Waals surface area contributed by atoms with Crippen LogP contribution in [0.5, 0.6) is 0 Å². The maximum Gasteiger partial charge on any atom is 0.177 e. The van der Waals surface area contributed by atoms with Gasteiger partial charge in [0.05, 0.1) is 0 Å². The van der Waals surface area contributed by atoms with E-state index in [1.165, 1.54) is 0 Å². The van der Waals surface area contributed by atoms with E-state index in [1.54, 1.807) is 6.20 Å². The summed E-state index contributed by atoms with van der Waals surface area (Å²) in [6.45, 7) is 2.00. The first kappa shape index (κ1) is 9.09. The van der Waals surface area contributed by atoms with Crippen molar-refractivity contribution in [2.24, 2.45) is 5.16 Å². The van der Waals surface area contributed by atoms with E-state index in [0.717, 1.165) is 16.5 Å². The summed E-state index contributed by atoms with van der Waals surface area (Å²) in [7, 11) is 0. The van der Waals surface area contributed by atoms with Crippen molar-refractivity contribution in [1.82, 2.24) is 4.98 Å². The molecule has 2 aromatic rings. The second-order valence-corrected chi connectivity index (χ2v) is 3.50. The number of aromatic nitrogens is 1. The van der Waals surface area contributed by atoms with Gasteiger partial charge >= 0.3 is 0 Å². The van der Waals surface area contributed by atoms with Crippen LogP contribution < -0.4 is 0 Å². The van der Waals surface area contributed by atoms with Gasteiger partial charge in [-0.1, -0.05) is 28.4 Å². The highest BCUT2D eigenvalue weighted by molar-refractivity contribution is 6.70. The van der Waals surface area contributed by atoms with E-state index in [1.807, 2.05) is 25.1 Å². The lowest BCUT2D eigenvalue weighted by Crippen LogP contribution is -1.88. The molecule has 4 heteroatoms. The molecule has 0 saturated heterocycles. The number of aromatic amines is 1. The van der Waals surface area contributed by atoms with E-state index >= 15 is 0 Å². The van der Waals surface area contributed by atoms with Crippen LogP contribution >= 0.6 is 11.6 Å². The van der Waals surface area contributed by atoms with Gasteiger partial charge in [-0.2, -0.15) is 0 Å². The number of nitrogens with zero attached hydrogens (tertiary/aromatic N) is 1. The number of hydrogen-bond acceptors (Lipinski definition) is 2. The number of halogens is 1. The standard InChI is InChI=1S/C10H9ClN2O/c1-6-2-3-9-7(4-6)8(5-12-9)10(11)13-14/h2-5,12,14H,1H3.